The Morgan fingerprint density at radius 1 is 1.09 bits per heavy atom. The van der Waals surface area contributed by atoms with E-state index in [1.807, 2.05) is 11.8 Å². The minimum atomic E-state index is -4.56. The standard InChI is InChI=1S/C28H25ClF3N9O2S3/c1-2-22-37-38-26(45-22)39-46(42,43)18-6-4-17(5-7-18)36-27(44)41-11-9-40(10-12-41)25-23-19(14-33-24(23)34-15-35-25)16-3-8-20(21(29)13-16)28(30,31)32/h3-8,13-15H,2,9-12H2,1H3,(H,36,44)(H,38,39)(H,33,34,35). The predicted octanol–water partition coefficient (Wildman–Crippen LogP) is 6.03. The number of nitrogens with one attached hydrogen (secondary N) is 3. The molecule has 46 heavy (non-hydrogen) atoms. The number of aromatic amines is 1. The van der Waals surface area contributed by atoms with E-state index in [1.54, 1.807) is 18.3 Å². The Morgan fingerprint density at radius 2 is 1.83 bits per heavy atom. The van der Waals surface area contributed by atoms with Crippen LogP contribution in [-0.2, 0) is 22.6 Å². The minimum Gasteiger partial charge on any atom is -0.352 e. The Bertz CT molecular complexity index is 2010. The van der Waals surface area contributed by atoms with Crippen LogP contribution < -0.4 is 14.9 Å². The lowest BCUT2D eigenvalue weighted by Crippen LogP contribution is -2.50. The monoisotopic (exact) mass is 707 g/mol. The second-order valence-corrected chi connectivity index (χ2v) is 13.7. The van der Waals surface area contributed by atoms with E-state index in [2.05, 4.69) is 40.1 Å². The van der Waals surface area contributed by atoms with Gasteiger partial charge in [-0.1, -0.05) is 35.9 Å². The van der Waals surface area contributed by atoms with Gasteiger partial charge < -0.3 is 20.1 Å². The molecule has 5 aromatic rings. The number of anilines is 3. The average molecular weight is 708 g/mol. The highest BCUT2D eigenvalue weighted by atomic mass is 35.5. The van der Waals surface area contributed by atoms with Gasteiger partial charge in [0.2, 0.25) is 5.13 Å². The third-order valence-electron chi connectivity index (χ3n) is 7.31. The molecule has 0 spiro atoms. The zero-order valence-electron chi connectivity index (χ0n) is 24.0. The molecule has 0 aliphatic carbocycles. The number of piperazine rings is 1. The lowest BCUT2D eigenvalue weighted by molar-refractivity contribution is -0.137. The summed E-state index contributed by atoms with van der Waals surface area (Å²) in [6.07, 6.45) is -0.775. The van der Waals surface area contributed by atoms with Crippen molar-refractivity contribution in [2.45, 2.75) is 24.4 Å². The van der Waals surface area contributed by atoms with Crippen molar-refractivity contribution in [2.24, 2.45) is 0 Å². The third kappa shape index (κ3) is 6.58. The summed E-state index contributed by atoms with van der Waals surface area (Å²) in [5, 5.41) is 12.7. The summed E-state index contributed by atoms with van der Waals surface area (Å²) in [4.78, 5) is 16.0. The largest absolute Gasteiger partial charge is 0.417 e. The van der Waals surface area contributed by atoms with Crippen molar-refractivity contribution in [2.75, 3.05) is 41.1 Å². The predicted molar refractivity (Wildman–Crippen MR) is 176 cm³/mol. The number of H-pyrrole nitrogens is 1. The molecule has 4 heterocycles. The Hall–Kier alpha value is -4.06. The number of nitrogens with zero attached hydrogens (tertiary/aromatic N) is 6. The quantitative estimate of drug-likeness (QED) is 0.172. The summed E-state index contributed by atoms with van der Waals surface area (Å²) in [6, 6.07) is 9.87. The van der Waals surface area contributed by atoms with Crippen molar-refractivity contribution in [3.63, 3.8) is 0 Å². The molecule has 240 valence electrons. The zero-order chi connectivity index (χ0) is 32.6. The summed E-state index contributed by atoms with van der Waals surface area (Å²) < 4.78 is 67.8. The van der Waals surface area contributed by atoms with Crippen LogP contribution in [0.5, 0.6) is 0 Å². The van der Waals surface area contributed by atoms with Crippen molar-refractivity contribution in [1.29, 1.82) is 0 Å². The van der Waals surface area contributed by atoms with E-state index < -0.39 is 21.8 Å². The van der Waals surface area contributed by atoms with Gasteiger partial charge in [0.25, 0.3) is 10.0 Å². The zero-order valence-corrected chi connectivity index (χ0v) is 27.2. The molecule has 0 bridgehead atoms. The van der Waals surface area contributed by atoms with E-state index >= 15 is 0 Å². The van der Waals surface area contributed by atoms with Crippen molar-refractivity contribution >= 4 is 78.0 Å². The van der Waals surface area contributed by atoms with Gasteiger partial charge >= 0.3 is 6.18 Å². The summed E-state index contributed by atoms with van der Waals surface area (Å²) in [5.74, 6) is 0.639. The first-order valence-corrected chi connectivity index (χ1v) is 17.0. The van der Waals surface area contributed by atoms with E-state index in [9.17, 15) is 21.6 Å². The maximum Gasteiger partial charge on any atom is 0.417 e. The number of hydrogen-bond donors (Lipinski definition) is 3. The number of halogens is 4. The molecule has 0 unspecified atom stereocenters. The van der Waals surface area contributed by atoms with Gasteiger partial charge in [0.15, 0.2) is 5.11 Å². The Balaban J connectivity index is 1.11. The van der Waals surface area contributed by atoms with Gasteiger partial charge in [-0.3, -0.25) is 4.72 Å². The molecule has 6 rings (SSSR count). The molecule has 11 nitrogen and oxygen atoms in total. The number of thiocarbonyl (C=S) groups is 1. The van der Waals surface area contributed by atoms with E-state index in [0.717, 1.165) is 11.1 Å². The van der Waals surface area contributed by atoms with Crippen LogP contribution in [0, 0.1) is 0 Å². The molecule has 1 fully saturated rings. The van der Waals surface area contributed by atoms with E-state index in [-0.39, 0.29) is 15.0 Å². The van der Waals surface area contributed by atoms with Gasteiger partial charge in [-0.15, -0.1) is 10.2 Å². The van der Waals surface area contributed by atoms with Crippen LogP contribution in [0.25, 0.3) is 22.2 Å². The second-order valence-electron chi connectivity index (χ2n) is 10.2. The van der Waals surface area contributed by atoms with Gasteiger partial charge in [0.1, 0.15) is 22.8 Å². The average Bonchev–Trinajstić information content (AvgIpc) is 3.67. The van der Waals surface area contributed by atoms with Crippen LogP contribution in [0.4, 0.5) is 29.8 Å². The molecule has 0 amide bonds. The number of aromatic nitrogens is 5. The van der Waals surface area contributed by atoms with Gasteiger partial charge in [0, 0.05) is 43.6 Å². The summed E-state index contributed by atoms with van der Waals surface area (Å²) in [6.45, 7) is 4.14. The first-order chi connectivity index (χ1) is 21.9. The smallest absolute Gasteiger partial charge is 0.352 e. The summed E-state index contributed by atoms with van der Waals surface area (Å²) in [5.41, 5.74) is 1.41. The molecule has 0 saturated carbocycles. The highest BCUT2D eigenvalue weighted by Gasteiger charge is 2.33. The molecule has 3 N–H and O–H groups in total. The topological polar surface area (TPSA) is 132 Å². The van der Waals surface area contributed by atoms with Crippen molar-refractivity contribution < 1.29 is 21.6 Å². The normalized spacial score (nSPS) is 14.1. The maximum atomic E-state index is 13.3. The van der Waals surface area contributed by atoms with Gasteiger partial charge in [0.05, 0.1) is 20.9 Å². The van der Waals surface area contributed by atoms with Gasteiger partial charge in [-0.05, 0) is 60.6 Å². The van der Waals surface area contributed by atoms with Crippen LogP contribution in [-0.4, -0.2) is 69.8 Å². The third-order valence-corrected chi connectivity index (χ3v) is 10.4. The number of aryl methyl sites for hydroxylation is 1. The Kier molecular flexibility index (Phi) is 8.75. The van der Waals surface area contributed by atoms with Crippen molar-refractivity contribution in [3.8, 4) is 11.1 Å². The van der Waals surface area contributed by atoms with Crippen LogP contribution in [0.3, 0.4) is 0 Å². The Morgan fingerprint density at radius 3 is 2.48 bits per heavy atom. The summed E-state index contributed by atoms with van der Waals surface area (Å²) >= 11 is 12.8. The van der Waals surface area contributed by atoms with Crippen molar-refractivity contribution in [1.82, 2.24) is 30.0 Å². The van der Waals surface area contributed by atoms with Crippen LogP contribution in [0.1, 0.15) is 17.5 Å². The van der Waals surface area contributed by atoms with Gasteiger partial charge in [-0.25, -0.2) is 18.4 Å². The lowest BCUT2D eigenvalue weighted by atomic mass is 10.0. The molecule has 18 heteroatoms. The minimum absolute atomic E-state index is 0.0738. The SMILES string of the molecule is CCc1nnc(NS(=O)(=O)c2ccc(NC(=S)N3CCN(c4ncnc5[nH]cc(-c6ccc(C(F)(F)F)c(Cl)c6)c45)CC3)cc2)s1. The van der Waals surface area contributed by atoms with Gasteiger partial charge in [-0.2, -0.15) is 13.2 Å². The number of rotatable bonds is 7. The molecule has 1 saturated heterocycles. The molecule has 2 aromatic carbocycles. The molecular formula is C28H25ClF3N9O2S3. The van der Waals surface area contributed by atoms with E-state index in [1.165, 1.54) is 41.9 Å². The number of alkyl halides is 3. The first-order valence-electron chi connectivity index (χ1n) is 13.9. The number of fused-ring (bicyclic) bond motifs is 1. The maximum absolute atomic E-state index is 13.3. The summed E-state index contributed by atoms with van der Waals surface area (Å²) in [7, 11) is -3.83. The van der Waals surface area contributed by atoms with Crippen molar-refractivity contribution in [3.05, 3.63) is 70.6 Å². The molecule has 1 aliphatic rings. The van der Waals surface area contributed by atoms with Crippen LogP contribution in [0.15, 0.2) is 59.9 Å². The second kappa shape index (κ2) is 12.6. The molecular weight excluding hydrogens is 683 g/mol. The fourth-order valence-electron chi connectivity index (χ4n) is 4.98. The first kappa shape index (κ1) is 31.9. The number of hydrogen-bond acceptors (Lipinski definition) is 9. The molecule has 1 aliphatic heterocycles. The Labute approximate surface area is 275 Å². The molecule has 0 radical (unpaired) electrons. The molecule has 3 aromatic heterocycles. The van der Waals surface area contributed by atoms with E-state index in [4.69, 9.17) is 23.8 Å². The lowest BCUT2D eigenvalue weighted by Gasteiger charge is -2.37. The fourth-order valence-corrected chi connectivity index (χ4v) is 7.48. The fraction of sp³-hybridized carbons (Fsp3) is 0.250. The van der Waals surface area contributed by atoms with Crippen LogP contribution in [0.2, 0.25) is 5.02 Å². The van der Waals surface area contributed by atoms with Crippen LogP contribution >= 0.6 is 35.2 Å². The number of sulfonamides is 1. The highest BCUT2D eigenvalue weighted by molar-refractivity contribution is 7.93. The highest BCUT2D eigenvalue weighted by Crippen LogP contribution is 2.39. The van der Waals surface area contributed by atoms with E-state index in [0.29, 0.717) is 71.4 Å². The number of benzene rings is 2. The molecule has 0 atom stereocenters.